The third kappa shape index (κ3) is 3.11. The van der Waals surface area contributed by atoms with Crippen molar-refractivity contribution in [2.45, 2.75) is 29.8 Å². The van der Waals surface area contributed by atoms with Crippen LogP contribution in [0.3, 0.4) is 0 Å². The predicted octanol–water partition coefficient (Wildman–Crippen LogP) is 1.49. The quantitative estimate of drug-likeness (QED) is 0.462. The lowest BCUT2D eigenvalue weighted by molar-refractivity contribution is -0.385. The fraction of sp³-hybridized carbons (Fsp3) is 0.308. The molecule has 1 aliphatic carbocycles. The second kappa shape index (κ2) is 5.88. The van der Waals surface area contributed by atoms with Crippen LogP contribution in [0.4, 0.5) is 11.6 Å². The molecule has 0 spiro atoms. The number of carbonyl (C=O) groups excluding carboxylic acids is 1. The molecule has 0 unspecified atom stereocenters. The zero-order valence-corrected chi connectivity index (χ0v) is 12.8. The van der Waals surface area contributed by atoms with Crippen LogP contribution < -0.4 is 11.5 Å². The Morgan fingerprint density at radius 1 is 1.43 bits per heavy atom. The molecule has 1 saturated carbocycles. The van der Waals surface area contributed by atoms with E-state index in [0.29, 0.717) is 28.5 Å². The minimum Gasteiger partial charge on any atom is -0.368 e. The number of nitro benzene ring substituents is 1. The summed E-state index contributed by atoms with van der Waals surface area (Å²) in [4.78, 5) is 21.8. The zero-order valence-electron chi connectivity index (χ0n) is 12.0. The van der Waals surface area contributed by atoms with Crippen LogP contribution in [0, 0.1) is 10.1 Å². The number of thioether (sulfide) groups is 1. The van der Waals surface area contributed by atoms with E-state index in [4.69, 9.17) is 11.5 Å². The van der Waals surface area contributed by atoms with Crippen LogP contribution in [0.5, 0.6) is 0 Å². The first kappa shape index (κ1) is 15.3. The predicted molar refractivity (Wildman–Crippen MR) is 83.9 cm³/mol. The van der Waals surface area contributed by atoms with Crippen LogP contribution in [0.25, 0.3) is 0 Å². The van der Waals surface area contributed by atoms with Crippen LogP contribution in [0.1, 0.15) is 34.8 Å². The molecule has 4 N–H and O–H groups in total. The average molecular weight is 334 g/mol. The lowest BCUT2D eigenvalue weighted by Gasteiger charge is -2.07. The number of nitrogens with two attached hydrogens (primary N) is 2. The summed E-state index contributed by atoms with van der Waals surface area (Å²) in [6.45, 7) is 0. The van der Waals surface area contributed by atoms with Gasteiger partial charge < -0.3 is 11.5 Å². The van der Waals surface area contributed by atoms with Gasteiger partial charge in [-0.15, -0.1) is 10.2 Å². The van der Waals surface area contributed by atoms with E-state index in [1.807, 2.05) is 4.57 Å². The Balaban J connectivity index is 1.83. The van der Waals surface area contributed by atoms with E-state index in [1.165, 1.54) is 30.0 Å². The number of nitro groups is 1. The Hall–Kier alpha value is -2.62. The van der Waals surface area contributed by atoms with Crippen molar-refractivity contribution in [2.75, 3.05) is 5.73 Å². The number of rotatable bonds is 6. The van der Waals surface area contributed by atoms with Gasteiger partial charge in [-0.25, -0.2) is 0 Å². The van der Waals surface area contributed by atoms with Gasteiger partial charge in [0.2, 0.25) is 11.9 Å². The van der Waals surface area contributed by atoms with E-state index < -0.39 is 10.8 Å². The summed E-state index contributed by atoms with van der Waals surface area (Å²) in [5, 5.41) is 19.7. The van der Waals surface area contributed by atoms with Crippen molar-refractivity contribution in [3.63, 3.8) is 0 Å². The standard InChI is InChI=1S/C13H14N6O3S/c14-11(20)7-1-2-8(10(5-7)19(21)22)6-23-13-17-16-12(15)18(13)9-3-4-9/h1-2,5,9H,3-4,6H2,(H2,14,20)(H2,15,16). The number of nitrogens with zero attached hydrogens (tertiary/aromatic N) is 4. The number of nitrogen functional groups attached to an aromatic ring is 1. The zero-order chi connectivity index (χ0) is 16.6. The molecule has 0 saturated heterocycles. The number of carbonyl (C=O) groups is 1. The number of hydrogen-bond donors (Lipinski definition) is 2. The highest BCUT2D eigenvalue weighted by Crippen LogP contribution is 2.40. The minimum atomic E-state index is -0.700. The molecule has 1 heterocycles. The Morgan fingerprint density at radius 2 is 2.17 bits per heavy atom. The van der Waals surface area contributed by atoms with Gasteiger partial charge in [-0.05, 0) is 18.9 Å². The highest BCUT2D eigenvalue weighted by Gasteiger charge is 2.29. The first-order chi connectivity index (χ1) is 11.0. The fourth-order valence-electron chi connectivity index (χ4n) is 2.21. The maximum absolute atomic E-state index is 11.2. The molecule has 1 aromatic carbocycles. The van der Waals surface area contributed by atoms with Crippen molar-refractivity contribution in [1.82, 2.24) is 14.8 Å². The summed E-state index contributed by atoms with van der Waals surface area (Å²) in [6.07, 6.45) is 2.06. The van der Waals surface area contributed by atoms with E-state index in [2.05, 4.69) is 10.2 Å². The first-order valence-corrected chi connectivity index (χ1v) is 7.86. The second-order valence-electron chi connectivity index (χ2n) is 5.20. The molecule has 0 aliphatic heterocycles. The summed E-state index contributed by atoms with van der Waals surface area (Å²) >= 11 is 1.32. The smallest absolute Gasteiger partial charge is 0.274 e. The van der Waals surface area contributed by atoms with E-state index >= 15 is 0 Å². The number of anilines is 1. The van der Waals surface area contributed by atoms with Gasteiger partial charge in [0.25, 0.3) is 5.69 Å². The average Bonchev–Trinajstić information content (AvgIpc) is 3.28. The molecule has 120 valence electrons. The van der Waals surface area contributed by atoms with Gasteiger partial charge in [-0.1, -0.05) is 17.8 Å². The lowest BCUT2D eigenvalue weighted by atomic mass is 10.1. The number of hydrogen-bond acceptors (Lipinski definition) is 7. The molecule has 1 aliphatic rings. The van der Waals surface area contributed by atoms with Crippen LogP contribution in [0.2, 0.25) is 0 Å². The van der Waals surface area contributed by atoms with Gasteiger partial charge in [0.15, 0.2) is 5.16 Å². The van der Waals surface area contributed by atoms with Gasteiger partial charge in [0.1, 0.15) is 0 Å². The van der Waals surface area contributed by atoms with Crippen molar-refractivity contribution >= 4 is 29.3 Å². The molecule has 0 radical (unpaired) electrons. The minimum absolute atomic E-state index is 0.107. The van der Waals surface area contributed by atoms with Crippen molar-refractivity contribution in [3.8, 4) is 0 Å². The Morgan fingerprint density at radius 3 is 2.78 bits per heavy atom. The molecule has 3 rings (SSSR count). The summed E-state index contributed by atoms with van der Waals surface area (Å²) < 4.78 is 1.86. The number of amides is 1. The fourth-order valence-corrected chi connectivity index (χ4v) is 3.22. The summed E-state index contributed by atoms with van der Waals surface area (Å²) in [6, 6.07) is 4.52. The molecule has 23 heavy (non-hydrogen) atoms. The number of primary amides is 1. The molecule has 0 bridgehead atoms. The van der Waals surface area contributed by atoms with E-state index in [1.54, 1.807) is 0 Å². The SMILES string of the molecule is NC(=O)c1ccc(CSc2nnc(N)n2C2CC2)c([N+](=O)[O-])c1. The molecular weight excluding hydrogens is 320 g/mol. The molecule has 2 aromatic rings. The van der Waals surface area contributed by atoms with E-state index in [9.17, 15) is 14.9 Å². The maximum Gasteiger partial charge on any atom is 0.274 e. The van der Waals surface area contributed by atoms with Gasteiger partial charge in [0, 0.05) is 29.0 Å². The highest BCUT2D eigenvalue weighted by molar-refractivity contribution is 7.98. The van der Waals surface area contributed by atoms with Crippen LogP contribution in [-0.4, -0.2) is 25.6 Å². The Labute approximate surface area is 135 Å². The number of benzene rings is 1. The van der Waals surface area contributed by atoms with Crippen molar-refractivity contribution in [1.29, 1.82) is 0 Å². The van der Waals surface area contributed by atoms with Crippen molar-refractivity contribution in [3.05, 3.63) is 39.4 Å². The van der Waals surface area contributed by atoms with Crippen molar-refractivity contribution in [2.24, 2.45) is 5.73 Å². The highest BCUT2D eigenvalue weighted by atomic mass is 32.2. The summed E-state index contributed by atoms with van der Waals surface area (Å²) in [5.41, 5.74) is 11.4. The van der Waals surface area contributed by atoms with Gasteiger partial charge in [-0.2, -0.15) is 0 Å². The molecule has 0 atom stereocenters. The maximum atomic E-state index is 11.2. The van der Waals surface area contributed by atoms with Crippen LogP contribution >= 0.6 is 11.8 Å². The Bertz CT molecular complexity index is 786. The summed E-state index contributed by atoms with van der Waals surface area (Å²) in [5.74, 6) is -0.0256. The van der Waals surface area contributed by atoms with Crippen LogP contribution in [-0.2, 0) is 5.75 Å². The first-order valence-electron chi connectivity index (χ1n) is 6.87. The van der Waals surface area contributed by atoms with E-state index in [0.717, 1.165) is 12.8 Å². The largest absolute Gasteiger partial charge is 0.368 e. The molecule has 9 nitrogen and oxygen atoms in total. The van der Waals surface area contributed by atoms with Crippen molar-refractivity contribution < 1.29 is 9.72 Å². The molecule has 1 amide bonds. The molecular formula is C13H14N6O3S. The van der Waals surface area contributed by atoms with E-state index in [-0.39, 0.29) is 11.3 Å². The lowest BCUT2D eigenvalue weighted by Crippen LogP contribution is -2.11. The third-order valence-electron chi connectivity index (χ3n) is 3.53. The normalized spacial score (nSPS) is 13.9. The molecule has 10 heteroatoms. The Kier molecular flexibility index (Phi) is 3.90. The van der Waals surface area contributed by atoms with Gasteiger partial charge >= 0.3 is 0 Å². The number of aromatic nitrogens is 3. The van der Waals surface area contributed by atoms with Gasteiger partial charge in [0.05, 0.1) is 4.92 Å². The molecule has 1 aromatic heterocycles. The topological polar surface area (TPSA) is 143 Å². The molecule has 1 fully saturated rings. The van der Waals surface area contributed by atoms with Gasteiger partial charge in [-0.3, -0.25) is 19.5 Å². The van der Waals surface area contributed by atoms with Crippen LogP contribution in [0.15, 0.2) is 23.4 Å². The second-order valence-corrected chi connectivity index (χ2v) is 6.14. The summed E-state index contributed by atoms with van der Waals surface area (Å²) in [7, 11) is 0. The third-order valence-corrected chi connectivity index (χ3v) is 4.52. The monoisotopic (exact) mass is 334 g/mol.